The fourth-order valence-corrected chi connectivity index (χ4v) is 4.57. The highest BCUT2D eigenvalue weighted by atomic mass is 79.9. The summed E-state index contributed by atoms with van der Waals surface area (Å²) in [7, 11) is -2.32. The highest BCUT2D eigenvalue weighted by molar-refractivity contribution is 9.10. The number of nitrogens with one attached hydrogen (secondary N) is 1. The molecule has 0 aromatic heterocycles. The summed E-state index contributed by atoms with van der Waals surface area (Å²) in [4.78, 5) is 26.8. The standard InChI is InChI=1S/C20H22BrCl2N3O4S/c1-13(20(28)24-2)25(11-14-7-8-16(22)10-18(14)23)19(27)12-26(31(3,29)30)17-6-4-5-15(21)9-17/h4-10,13H,11-12H2,1-3H3,(H,24,28). The molecule has 0 saturated heterocycles. The minimum absolute atomic E-state index is 0.000488. The zero-order valence-electron chi connectivity index (χ0n) is 17.1. The van der Waals surface area contributed by atoms with Gasteiger partial charge in [0, 0.05) is 28.1 Å². The van der Waals surface area contributed by atoms with Crippen molar-refractivity contribution in [3.63, 3.8) is 0 Å². The van der Waals surface area contributed by atoms with E-state index in [4.69, 9.17) is 23.2 Å². The van der Waals surface area contributed by atoms with Crippen molar-refractivity contribution in [3.8, 4) is 0 Å². The Balaban J connectivity index is 2.41. The van der Waals surface area contributed by atoms with Crippen LogP contribution >= 0.6 is 39.1 Å². The number of sulfonamides is 1. The molecule has 1 unspecified atom stereocenters. The number of rotatable bonds is 8. The summed E-state index contributed by atoms with van der Waals surface area (Å²) in [6.45, 7) is 1.08. The molecule has 2 aromatic carbocycles. The van der Waals surface area contributed by atoms with E-state index in [1.54, 1.807) is 43.3 Å². The molecule has 31 heavy (non-hydrogen) atoms. The second-order valence-electron chi connectivity index (χ2n) is 6.80. The highest BCUT2D eigenvalue weighted by Gasteiger charge is 2.30. The minimum atomic E-state index is -3.78. The Bertz CT molecular complexity index is 1080. The molecule has 1 atom stereocenters. The Hall–Kier alpha value is -1.81. The van der Waals surface area contributed by atoms with E-state index in [1.165, 1.54) is 18.0 Å². The summed E-state index contributed by atoms with van der Waals surface area (Å²) in [6.07, 6.45) is 1.02. The van der Waals surface area contributed by atoms with E-state index < -0.39 is 34.4 Å². The molecule has 0 aliphatic carbocycles. The fraction of sp³-hybridized carbons (Fsp3) is 0.300. The van der Waals surface area contributed by atoms with E-state index in [2.05, 4.69) is 21.2 Å². The van der Waals surface area contributed by atoms with E-state index in [-0.39, 0.29) is 6.54 Å². The summed E-state index contributed by atoms with van der Waals surface area (Å²) in [5.74, 6) is -0.959. The van der Waals surface area contributed by atoms with Gasteiger partial charge in [0.2, 0.25) is 21.8 Å². The van der Waals surface area contributed by atoms with Crippen molar-refractivity contribution in [2.24, 2.45) is 0 Å². The van der Waals surface area contributed by atoms with Crippen molar-refractivity contribution in [2.45, 2.75) is 19.5 Å². The number of likely N-dealkylation sites (N-methyl/N-ethyl adjacent to an activating group) is 1. The highest BCUT2D eigenvalue weighted by Crippen LogP contribution is 2.25. The molecule has 2 rings (SSSR count). The van der Waals surface area contributed by atoms with Crippen LogP contribution in [0.5, 0.6) is 0 Å². The summed E-state index contributed by atoms with van der Waals surface area (Å²) in [6, 6.07) is 10.5. The molecule has 11 heteroatoms. The Morgan fingerprint density at radius 1 is 1.16 bits per heavy atom. The third kappa shape index (κ3) is 6.83. The number of anilines is 1. The van der Waals surface area contributed by atoms with Crippen LogP contribution in [0.3, 0.4) is 0 Å². The maximum atomic E-state index is 13.3. The van der Waals surface area contributed by atoms with Crippen LogP contribution in [0.25, 0.3) is 0 Å². The van der Waals surface area contributed by atoms with E-state index in [9.17, 15) is 18.0 Å². The van der Waals surface area contributed by atoms with E-state index in [1.807, 2.05) is 0 Å². The quantitative estimate of drug-likeness (QED) is 0.543. The third-order valence-corrected chi connectivity index (χ3v) is 6.77. The van der Waals surface area contributed by atoms with Crippen LogP contribution in [0, 0.1) is 0 Å². The summed E-state index contributed by atoms with van der Waals surface area (Å²) >= 11 is 15.5. The van der Waals surface area contributed by atoms with Crippen molar-refractivity contribution in [1.29, 1.82) is 0 Å². The van der Waals surface area contributed by atoms with Crippen LogP contribution in [0.2, 0.25) is 10.0 Å². The number of halogens is 3. The normalized spacial score (nSPS) is 12.2. The SMILES string of the molecule is CNC(=O)C(C)N(Cc1ccc(Cl)cc1Cl)C(=O)CN(c1cccc(Br)c1)S(C)(=O)=O. The lowest BCUT2D eigenvalue weighted by Crippen LogP contribution is -2.50. The largest absolute Gasteiger partial charge is 0.357 e. The van der Waals surface area contributed by atoms with Crippen molar-refractivity contribution >= 4 is 66.7 Å². The average molecular weight is 551 g/mol. The van der Waals surface area contributed by atoms with Gasteiger partial charge in [0.1, 0.15) is 12.6 Å². The van der Waals surface area contributed by atoms with Crippen LogP contribution in [-0.2, 0) is 26.2 Å². The molecule has 1 N–H and O–H groups in total. The fourth-order valence-electron chi connectivity index (χ4n) is 2.87. The van der Waals surface area contributed by atoms with Gasteiger partial charge in [-0.2, -0.15) is 0 Å². The van der Waals surface area contributed by atoms with Gasteiger partial charge in [-0.3, -0.25) is 13.9 Å². The lowest BCUT2D eigenvalue weighted by molar-refractivity contribution is -0.139. The van der Waals surface area contributed by atoms with E-state index in [0.29, 0.717) is 25.8 Å². The molecule has 0 saturated carbocycles. The van der Waals surface area contributed by atoms with Crippen LogP contribution < -0.4 is 9.62 Å². The Labute approximate surface area is 200 Å². The predicted octanol–water partition coefficient (Wildman–Crippen LogP) is 3.69. The van der Waals surface area contributed by atoms with Gasteiger partial charge in [0.05, 0.1) is 11.9 Å². The molecular weight excluding hydrogens is 529 g/mol. The summed E-state index contributed by atoms with van der Waals surface area (Å²) < 4.78 is 26.5. The first-order chi connectivity index (χ1) is 14.4. The number of benzene rings is 2. The predicted molar refractivity (Wildman–Crippen MR) is 127 cm³/mol. The van der Waals surface area contributed by atoms with Gasteiger partial charge >= 0.3 is 0 Å². The smallest absolute Gasteiger partial charge is 0.244 e. The van der Waals surface area contributed by atoms with Crippen LogP contribution in [0.4, 0.5) is 5.69 Å². The lowest BCUT2D eigenvalue weighted by Gasteiger charge is -2.31. The summed E-state index contributed by atoms with van der Waals surface area (Å²) in [5, 5.41) is 3.28. The van der Waals surface area contributed by atoms with Gasteiger partial charge in [-0.05, 0) is 42.8 Å². The number of nitrogens with zero attached hydrogens (tertiary/aromatic N) is 2. The van der Waals surface area contributed by atoms with Gasteiger partial charge in [0.15, 0.2) is 0 Å². The van der Waals surface area contributed by atoms with Gasteiger partial charge < -0.3 is 10.2 Å². The number of carbonyl (C=O) groups is 2. The first kappa shape index (κ1) is 25.5. The number of carbonyl (C=O) groups excluding carboxylic acids is 2. The van der Waals surface area contributed by atoms with E-state index >= 15 is 0 Å². The second kappa shape index (κ2) is 10.7. The zero-order chi connectivity index (χ0) is 23.3. The Morgan fingerprint density at radius 3 is 2.39 bits per heavy atom. The molecule has 0 bridgehead atoms. The maximum absolute atomic E-state index is 13.3. The molecule has 0 radical (unpaired) electrons. The van der Waals surface area contributed by atoms with E-state index in [0.717, 1.165) is 10.6 Å². The molecule has 0 heterocycles. The van der Waals surface area contributed by atoms with Gasteiger partial charge in [-0.25, -0.2) is 8.42 Å². The molecule has 0 aliphatic heterocycles. The Kier molecular flexibility index (Phi) is 8.76. The third-order valence-electron chi connectivity index (χ3n) is 4.54. The Morgan fingerprint density at radius 2 is 1.84 bits per heavy atom. The first-order valence-electron chi connectivity index (χ1n) is 9.12. The topological polar surface area (TPSA) is 86.8 Å². The number of hydrogen-bond acceptors (Lipinski definition) is 4. The number of hydrogen-bond donors (Lipinski definition) is 1. The van der Waals surface area contributed by atoms with Crippen molar-refractivity contribution in [2.75, 3.05) is 24.2 Å². The minimum Gasteiger partial charge on any atom is -0.357 e. The molecular formula is C20H22BrCl2N3O4S. The van der Waals surface area contributed by atoms with Crippen LogP contribution in [-0.4, -0.2) is 51.0 Å². The lowest BCUT2D eigenvalue weighted by atomic mass is 10.1. The molecule has 0 spiro atoms. The molecule has 2 amide bonds. The van der Waals surface area contributed by atoms with Crippen molar-refractivity contribution in [1.82, 2.24) is 10.2 Å². The van der Waals surface area contributed by atoms with Gasteiger partial charge in [-0.1, -0.05) is 51.3 Å². The molecule has 2 aromatic rings. The molecule has 0 aliphatic rings. The van der Waals surface area contributed by atoms with Gasteiger partial charge in [-0.15, -0.1) is 0 Å². The molecule has 0 fully saturated rings. The van der Waals surface area contributed by atoms with Crippen LogP contribution in [0.15, 0.2) is 46.9 Å². The average Bonchev–Trinajstić information content (AvgIpc) is 2.69. The first-order valence-corrected chi connectivity index (χ1v) is 12.5. The molecule has 168 valence electrons. The summed E-state index contributed by atoms with van der Waals surface area (Å²) in [5.41, 5.74) is 0.894. The zero-order valence-corrected chi connectivity index (χ0v) is 21.0. The van der Waals surface area contributed by atoms with Crippen molar-refractivity contribution in [3.05, 3.63) is 62.5 Å². The van der Waals surface area contributed by atoms with Crippen LogP contribution in [0.1, 0.15) is 12.5 Å². The number of amides is 2. The van der Waals surface area contributed by atoms with Gasteiger partial charge in [0.25, 0.3) is 0 Å². The monoisotopic (exact) mass is 549 g/mol. The van der Waals surface area contributed by atoms with Crippen molar-refractivity contribution < 1.29 is 18.0 Å². The second-order valence-corrected chi connectivity index (χ2v) is 10.5. The molecule has 7 nitrogen and oxygen atoms in total. The maximum Gasteiger partial charge on any atom is 0.244 e.